The first-order chi connectivity index (χ1) is 10.4. The molecule has 1 rings (SSSR count). The van der Waals surface area contributed by atoms with Crippen LogP contribution in [0.15, 0.2) is 42.5 Å². The Morgan fingerprint density at radius 1 is 1.05 bits per heavy atom. The van der Waals surface area contributed by atoms with Crippen LogP contribution in [-0.2, 0) is 25.5 Å². The summed E-state index contributed by atoms with van der Waals surface area (Å²) in [6, 6.07) is 9.79. The Kier molecular flexibility index (Phi) is 6.83. The number of hydrogen-bond donors (Lipinski definition) is 0. The average molecular weight is 304 g/mol. The number of carbonyl (C=O) groups is 2. The molecule has 0 aliphatic rings. The third-order valence-electron chi connectivity index (χ3n) is 3.35. The van der Waals surface area contributed by atoms with E-state index in [1.54, 1.807) is 20.8 Å². The lowest BCUT2D eigenvalue weighted by atomic mass is 9.82. The maximum absolute atomic E-state index is 12.2. The molecule has 4 heteroatoms. The van der Waals surface area contributed by atoms with Crippen LogP contribution in [0.3, 0.4) is 0 Å². The molecular weight excluding hydrogens is 280 g/mol. The highest BCUT2D eigenvalue weighted by molar-refractivity contribution is 5.99. The highest BCUT2D eigenvalue weighted by Crippen LogP contribution is 2.30. The van der Waals surface area contributed by atoms with E-state index in [4.69, 9.17) is 9.47 Å². The van der Waals surface area contributed by atoms with Gasteiger partial charge in [0, 0.05) is 0 Å². The summed E-state index contributed by atoms with van der Waals surface area (Å²) in [5, 5.41) is 0. The van der Waals surface area contributed by atoms with Crippen LogP contribution in [0.4, 0.5) is 0 Å². The fourth-order valence-electron chi connectivity index (χ4n) is 2.26. The Morgan fingerprint density at radius 3 is 2.00 bits per heavy atom. The predicted octanol–water partition coefficient (Wildman–Crippen LogP) is 3.31. The van der Waals surface area contributed by atoms with Crippen molar-refractivity contribution < 1.29 is 19.1 Å². The lowest BCUT2D eigenvalue weighted by molar-refractivity contribution is -0.170. The molecule has 4 nitrogen and oxygen atoms in total. The van der Waals surface area contributed by atoms with Crippen LogP contribution in [-0.4, -0.2) is 25.2 Å². The third-order valence-corrected chi connectivity index (χ3v) is 3.35. The van der Waals surface area contributed by atoms with E-state index >= 15 is 0 Å². The normalized spacial score (nSPS) is 10.9. The first kappa shape index (κ1) is 18.0. The minimum Gasteiger partial charge on any atom is -0.465 e. The highest BCUT2D eigenvalue weighted by atomic mass is 16.6. The molecule has 0 saturated heterocycles. The number of hydrogen-bond acceptors (Lipinski definition) is 4. The predicted molar refractivity (Wildman–Crippen MR) is 85.3 cm³/mol. The van der Waals surface area contributed by atoms with Gasteiger partial charge in [-0.1, -0.05) is 42.5 Å². The van der Waals surface area contributed by atoms with Gasteiger partial charge in [-0.2, -0.15) is 0 Å². The van der Waals surface area contributed by atoms with Crippen molar-refractivity contribution in [1.29, 1.82) is 0 Å². The van der Waals surface area contributed by atoms with Gasteiger partial charge in [-0.05, 0) is 39.2 Å². The number of esters is 2. The summed E-state index contributed by atoms with van der Waals surface area (Å²) in [4.78, 5) is 24.4. The van der Waals surface area contributed by atoms with Crippen LogP contribution in [0.1, 0.15) is 32.8 Å². The standard InChI is InChI=1S/C18H24O4/c1-5-21-16(19)18(4,17(20)22-6-2)13-14(3)12-15-10-8-7-9-11-15/h7-11H,3,5-6,12-13H2,1-2,4H3. The Morgan fingerprint density at radius 2 is 1.55 bits per heavy atom. The monoisotopic (exact) mass is 304 g/mol. The number of rotatable bonds is 8. The molecule has 1 aromatic carbocycles. The number of ether oxygens (including phenoxy) is 2. The van der Waals surface area contributed by atoms with E-state index < -0.39 is 17.4 Å². The van der Waals surface area contributed by atoms with Crippen LogP contribution >= 0.6 is 0 Å². The van der Waals surface area contributed by atoms with E-state index in [1.165, 1.54) is 0 Å². The molecule has 0 saturated carbocycles. The molecule has 0 aliphatic carbocycles. The fourth-order valence-corrected chi connectivity index (χ4v) is 2.26. The van der Waals surface area contributed by atoms with Crippen molar-refractivity contribution in [2.75, 3.05) is 13.2 Å². The number of benzene rings is 1. The van der Waals surface area contributed by atoms with Crippen molar-refractivity contribution in [2.24, 2.45) is 5.41 Å². The minimum atomic E-state index is -1.35. The zero-order chi connectivity index (χ0) is 16.6. The van der Waals surface area contributed by atoms with Crippen molar-refractivity contribution in [3.8, 4) is 0 Å². The molecule has 120 valence electrons. The molecule has 0 N–H and O–H groups in total. The molecular formula is C18H24O4. The summed E-state index contributed by atoms with van der Waals surface area (Å²) in [6.45, 7) is 9.42. The van der Waals surface area contributed by atoms with Crippen LogP contribution in [0.25, 0.3) is 0 Å². The van der Waals surface area contributed by atoms with E-state index in [0.717, 1.165) is 11.1 Å². The Balaban J connectivity index is 2.85. The van der Waals surface area contributed by atoms with Gasteiger partial charge in [0.1, 0.15) is 0 Å². The second kappa shape index (κ2) is 8.37. The van der Waals surface area contributed by atoms with Gasteiger partial charge in [0.15, 0.2) is 5.41 Å². The molecule has 0 unspecified atom stereocenters. The molecule has 0 atom stereocenters. The van der Waals surface area contributed by atoms with Gasteiger partial charge >= 0.3 is 11.9 Å². The summed E-state index contributed by atoms with van der Waals surface area (Å²) >= 11 is 0. The second-order valence-corrected chi connectivity index (χ2v) is 5.36. The van der Waals surface area contributed by atoms with Crippen LogP contribution < -0.4 is 0 Å². The molecule has 22 heavy (non-hydrogen) atoms. The molecule has 0 aliphatic heterocycles. The molecule has 0 bridgehead atoms. The van der Waals surface area contributed by atoms with Crippen LogP contribution in [0, 0.1) is 5.41 Å². The molecule has 0 heterocycles. The van der Waals surface area contributed by atoms with Crippen molar-refractivity contribution in [1.82, 2.24) is 0 Å². The van der Waals surface area contributed by atoms with Gasteiger partial charge in [-0.15, -0.1) is 0 Å². The molecule has 1 aromatic rings. The summed E-state index contributed by atoms with van der Waals surface area (Å²) < 4.78 is 10.1. The van der Waals surface area contributed by atoms with Gasteiger partial charge < -0.3 is 9.47 Å². The largest absolute Gasteiger partial charge is 0.465 e. The second-order valence-electron chi connectivity index (χ2n) is 5.36. The van der Waals surface area contributed by atoms with Gasteiger partial charge in [0.25, 0.3) is 0 Å². The van der Waals surface area contributed by atoms with Crippen molar-refractivity contribution in [3.05, 3.63) is 48.0 Å². The van der Waals surface area contributed by atoms with E-state index in [9.17, 15) is 9.59 Å². The van der Waals surface area contributed by atoms with Crippen molar-refractivity contribution in [2.45, 2.75) is 33.6 Å². The highest BCUT2D eigenvalue weighted by Gasteiger charge is 2.44. The average Bonchev–Trinajstić information content (AvgIpc) is 2.48. The Hall–Kier alpha value is -2.10. The van der Waals surface area contributed by atoms with Crippen molar-refractivity contribution in [3.63, 3.8) is 0 Å². The quantitative estimate of drug-likeness (QED) is 0.420. The first-order valence-electron chi connectivity index (χ1n) is 7.49. The van der Waals surface area contributed by atoms with Gasteiger partial charge in [-0.25, -0.2) is 0 Å². The maximum atomic E-state index is 12.2. The lowest BCUT2D eigenvalue weighted by Crippen LogP contribution is -2.40. The Bertz CT molecular complexity index is 501. The van der Waals surface area contributed by atoms with Gasteiger partial charge in [0.2, 0.25) is 0 Å². The third kappa shape index (κ3) is 4.72. The van der Waals surface area contributed by atoms with E-state index in [-0.39, 0.29) is 19.6 Å². The van der Waals surface area contributed by atoms with Gasteiger partial charge in [0.05, 0.1) is 13.2 Å². The lowest BCUT2D eigenvalue weighted by Gasteiger charge is -2.25. The summed E-state index contributed by atoms with van der Waals surface area (Å²) in [5.74, 6) is -1.13. The van der Waals surface area contributed by atoms with E-state index in [1.807, 2.05) is 30.3 Å². The zero-order valence-corrected chi connectivity index (χ0v) is 13.6. The van der Waals surface area contributed by atoms with Crippen LogP contribution in [0.5, 0.6) is 0 Å². The molecule has 0 fully saturated rings. The topological polar surface area (TPSA) is 52.6 Å². The number of carbonyl (C=O) groups excluding carboxylic acids is 2. The SMILES string of the molecule is C=C(Cc1ccccc1)CC(C)(C(=O)OCC)C(=O)OCC. The Labute approximate surface area is 132 Å². The zero-order valence-electron chi connectivity index (χ0n) is 13.6. The van der Waals surface area contributed by atoms with E-state index in [2.05, 4.69) is 6.58 Å². The summed E-state index contributed by atoms with van der Waals surface area (Å²) in [5.41, 5.74) is 0.523. The maximum Gasteiger partial charge on any atom is 0.323 e. The smallest absolute Gasteiger partial charge is 0.323 e. The molecule has 0 aromatic heterocycles. The van der Waals surface area contributed by atoms with Gasteiger partial charge in [-0.3, -0.25) is 9.59 Å². The molecule has 0 amide bonds. The van der Waals surface area contributed by atoms with Crippen molar-refractivity contribution >= 4 is 11.9 Å². The van der Waals surface area contributed by atoms with E-state index in [0.29, 0.717) is 6.42 Å². The minimum absolute atomic E-state index is 0.208. The fraction of sp³-hybridized carbons (Fsp3) is 0.444. The summed E-state index contributed by atoms with van der Waals surface area (Å²) in [7, 11) is 0. The summed E-state index contributed by atoms with van der Waals surface area (Å²) in [6.07, 6.45) is 0.814. The molecule has 0 spiro atoms. The molecule has 0 radical (unpaired) electrons. The first-order valence-corrected chi connectivity index (χ1v) is 7.49. The number of allylic oxidation sites excluding steroid dienone is 1. The van der Waals surface area contributed by atoms with Crippen LogP contribution in [0.2, 0.25) is 0 Å².